The number of hydrogen-bond acceptors (Lipinski definition) is 4. The fourth-order valence-electron chi connectivity index (χ4n) is 1.70. The minimum atomic E-state index is 0.297. The molecule has 0 unspecified atom stereocenters. The van der Waals surface area contributed by atoms with Gasteiger partial charge in [-0.3, -0.25) is 0 Å². The van der Waals surface area contributed by atoms with Gasteiger partial charge >= 0.3 is 0 Å². The lowest BCUT2D eigenvalue weighted by atomic mass is 10.3. The zero-order valence-corrected chi connectivity index (χ0v) is 10.4. The van der Waals surface area contributed by atoms with E-state index in [1.165, 1.54) is 0 Å². The van der Waals surface area contributed by atoms with Gasteiger partial charge in [0.2, 0.25) is 5.89 Å². The number of para-hydroxylation sites is 1. The summed E-state index contributed by atoms with van der Waals surface area (Å²) in [7, 11) is 0. The molecule has 6 nitrogen and oxygen atoms in total. The number of hydrogen-bond donors (Lipinski definition) is 2. The van der Waals surface area contributed by atoms with Gasteiger partial charge in [-0.2, -0.15) is 4.98 Å². The number of anilines is 1. The minimum Gasteiger partial charge on any atom is -0.370 e. The Morgan fingerprint density at radius 2 is 2.16 bits per heavy atom. The van der Waals surface area contributed by atoms with Gasteiger partial charge in [-0.1, -0.05) is 23.4 Å². The first-order chi connectivity index (χ1) is 9.31. The quantitative estimate of drug-likeness (QED) is 0.644. The summed E-state index contributed by atoms with van der Waals surface area (Å²) in [6.07, 6.45) is 2.31. The number of guanidine groups is 1. The zero-order chi connectivity index (χ0) is 13.1. The number of nitrogens with two attached hydrogens (primary N) is 1. The second kappa shape index (κ2) is 5.09. The van der Waals surface area contributed by atoms with Crippen LogP contribution in [0.25, 0.3) is 0 Å². The Bertz CT molecular complexity index is 574. The lowest BCUT2D eigenvalue weighted by molar-refractivity contribution is 0.375. The molecule has 0 aliphatic heterocycles. The summed E-state index contributed by atoms with van der Waals surface area (Å²) in [5.74, 6) is 2.11. The highest BCUT2D eigenvalue weighted by Crippen LogP contribution is 2.38. The van der Waals surface area contributed by atoms with E-state index >= 15 is 0 Å². The summed E-state index contributed by atoms with van der Waals surface area (Å²) >= 11 is 0. The van der Waals surface area contributed by atoms with E-state index in [-0.39, 0.29) is 0 Å². The topological polar surface area (TPSA) is 89.3 Å². The summed E-state index contributed by atoms with van der Waals surface area (Å²) < 4.78 is 5.12. The van der Waals surface area contributed by atoms with Gasteiger partial charge in [-0.15, -0.1) is 0 Å². The van der Waals surface area contributed by atoms with Gasteiger partial charge in [0.05, 0.1) is 0 Å². The van der Waals surface area contributed by atoms with Crippen LogP contribution in [0.15, 0.2) is 39.8 Å². The Balaban J connectivity index is 1.58. The Hall–Kier alpha value is -2.37. The number of nitrogens with one attached hydrogen (secondary N) is 1. The van der Waals surface area contributed by atoms with Crippen LogP contribution < -0.4 is 11.1 Å². The zero-order valence-electron chi connectivity index (χ0n) is 10.4. The van der Waals surface area contributed by atoms with Crippen molar-refractivity contribution >= 4 is 11.6 Å². The Kier molecular flexibility index (Phi) is 3.14. The molecule has 3 rings (SSSR count). The van der Waals surface area contributed by atoms with E-state index in [4.69, 9.17) is 10.3 Å². The number of benzene rings is 1. The number of nitrogens with zero attached hydrogens (tertiary/aromatic N) is 3. The highest BCUT2D eigenvalue weighted by Gasteiger charge is 2.28. The fourth-order valence-corrected chi connectivity index (χ4v) is 1.70. The highest BCUT2D eigenvalue weighted by atomic mass is 16.5. The van der Waals surface area contributed by atoms with Gasteiger partial charge in [0.15, 0.2) is 11.8 Å². The number of aromatic nitrogens is 2. The molecule has 1 saturated carbocycles. The van der Waals surface area contributed by atoms with Crippen molar-refractivity contribution in [1.29, 1.82) is 0 Å². The lowest BCUT2D eigenvalue weighted by Crippen LogP contribution is -2.22. The van der Waals surface area contributed by atoms with Crippen LogP contribution in [0.1, 0.15) is 30.5 Å². The first-order valence-electron chi connectivity index (χ1n) is 6.26. The second-order valence-corrected chi connectivity index (χ2v) is 4.51. The van der Waals surface area contributed by atoms with Crippen LogP contribution >= 0.6 is 0 Å². The first kappa shape index (κ1) is 11.7. The smallest absolute Gasteiger partial charge is 0.248 e. The molecule has 0 saturated heterocycles. The van der Waals surface area contributed by atoms with Crippen LogP contribution in [-0.2, 0) is 6.54 Å². The number of rotatable bonds is 4. The summed E-state index contributed by atoms with van der Waals surface area (Å²) in [6.45, 7) is 0.297. The molecule has 1 aromatic carbocycles. The average Bonchev–Trinajstić information content (AvgIpc) is 3.17. The van der Waals surface area contributed by atoms with E-state index < -0.39 is 0 Å². The van der Waals surface area contributed by atoms with Crippen molar-refractivity contribution in [3.8, 4) is 0 Å². The van der Waals surface area contributed by atoms with Crippen LogP contribution in [0.5, 0.6) is 0 Å². The molecule has 1 fully saturated rings. The molecule has 0 atom stereocenters. The van der Waals surface area contributed by atoms with E-state index in [9.17, 15) is 0 Å². The monoisotopic (exact) mass is 257 g/mol. The Morgan fingerprint density at radius 3 is 2.89 bits per heavy atom. The standard InChI is InChI=1S/C13H15N5O/c14-13(16-10-4-2-1-3-5-10)15-8-11-17-12(18-19-11)9-6-7-9/h1-5,9H,6-8H2,(H3,14,15,16). The summed E-state index contributed by atoms with van der Waals surface area (Å²) in [5.41, 5.74) is 6.68. The van der Waals surface area contributed by atoms with Gasteiger partial charge < -0.3 is 15.6 Å². The van der Waals surface area contributed by atoms with Gasteiger partial charge in [-0.05, 0) is 25.0 Å². The van der Waals surface area contributed by atoms with Crippen molar-refractivity contribution in [1.82, 2.24) is 10.1 Å². The fraction of sp³-hybridized carbons (Fsp3) is 0.308. The van der Waals surface area contributed by atoms with Crippen molar-refractivity contribution in [3.05, 3.63) is 42.0 Å². The average molecular weight is 257 g/mol. The molecule has 1 aliphatic carbocycles. The minimum absolute atomic E-state index is 0.297. The maximum atomic E-state index is 5.78. The summed E-state index contributed by atoms with van der Waals surface area (Å²) in [4.78, 5) is 8.45. The Morgan fingerprint density at radius 1 is 1.37 bits per heavy atom. The van der Waals surface area contributed by atoms with Crippen molar-refractivity contribution in [2.45, 2.75) is 25.3 Å². The molecule has 1 aromatic heterocycles. The van der Waals surface area contributed by atoms with Crippen LogP contribution in [-0.4, -0.2) is 16.1 Å². The second-order valence-electron chi connectivity index (χ2n) is 4.51. The molecule has 1 heterocycles. The predicted molar refractivity (Wildman–Crippen MR) is 71.7 cm³/mol. The third-order valence-corrected chi connectivity index (χ3v) is 2.86. The molecule has 0 bridgehead atoms. The molecule has 0 radical (unpaired) electrons. The van der Waals surface area contributed by atoms with E-state index in [0.29, 0.717) is 24.3 Å². The molecule has 1 aliphatic rings. The van der Waals surface area contributed by atoms with Crippen LogP contribution in [0, 0.1) is 0 Å². The van der Waals surface area contributed by atoms with E-state index in [1.54, 1.807) is 0 Å². The highest BCUT2D eigenvalue weighted by molar-refractivity contribution is 5.92. The maximum absolute atomic E-state index is 5.78. The maximum Gasteiger partial charge on any atom is 0.248 e. The molecular weight excluding hydrogens is 242 g/mol. The number of aliphatic imine (C=N–C) groups is 1. The Labute approximate surface area is 110 Å². The van der Waals surface area contributed by atoms with Crippen molar-refractivity contribution in [2.75, 3.05) is 5.32 Å². The lowest BCUT2D eigenvalue weighted by Gasteiger charge is -2.03. The van der Waals surface area contributed by atoms with Gasteiger partial charge in [0.1, 0.15) is 6.54 Å². The van der Waals surface area contributed by atoms with E-state index in [0.717, 1.165) is 24.4 Å². The molecule has 3 N–H and O–H groups in total. The van der Waals surface area contributed by atoms with Crippen LogP contribution in [0.2, 0.25) is 0 Å². The van der Waals surface area contributed by atoms with Crippen LogP contribution in [0.3, 0.4) is 0 Å². The molecule has 98 valence electrons. The van der Waals surface area contributed by atoms with E-state index in [1.807, 2.05) is 30.3 Å². The molecule has 0 spiro atoms. The van der Waals surface area contributed by atoms with Gasteiger partial charge in [0.25, 0.3) is 0 Å². The molecule has 19 heavy (non-hydrogen) atoms. The van der Waals surface area contributed by atoms with Crippen molar-refractivity contribution in [3.63, 3.8) is 0 Å². The van der Waals surface area contributed by atoms with E-state index in [2.05, 4.69) is 20.4 Å². The van der Waals surface area contributed by atoms with Gasteiger partial charge in [-0.25, -0.2) is 4.99 Å². The first-order valence-corrected chi connectivity index (χ1v) is 6.26. The normalized spacial score (nSPS) is 15.5. The predicted octanol–water partition coefficient (Wildman–Crippen LogP) is 1.87. The molecule has 0 amide bonds. The van der Waals surface area contributed by atoms with Crippen molar-refractivity contribution in [2.24, 2.45) is 10.7 Å². The molecular formula is C13H15N5O. The van der Waals surface area contributed by atoms with Crippen molar-refractivity contribution < 1.29 is 4.52 Å². The molecule has 2 aromatic rings. The summed E-state index contributed by atoms with van der Waals surface area (Å²) in [6, 6.07) is 9.63. The molecule has 6 heteroatoms. The SMILES string of the molecule is NC(=NCc1nc(C2CC2)no1)Nc1ccccc1. The summed E-state index contributed by atoms with van der Waals surface area (Å²) in [5, 5.41) is 6.92. The van der Waals surface area contributed by atoms with Gasteiger partial charge in [0, 0.05) is 11.6 Å². The largest absolute Gasteiger partial charge is 0.370 e. The third-order valence-electron chi connectivity index (χ3n) is 2.86. The van der Waals surface area contributed by atoms with Crippen LogP contribution in [0.4, 0.5) is 5.69 Å². The third kappa shape index (κ3) is 3.09.